The van der Waals surface area contributed by atoms with E-state index in [0.29, 0.717) is 36.1 Å². The van der Waals surface area contributed by atoms with Gasteiger partial charge in [0.2, 0.25) is 11.8 Å². The highest BCUT2D eigenvalue weighted by Crippen LogP contribution is 2.39. The normalized spacial score (nSPS) is 18.7. The molecule has 1 fully saturated rings. The summed E-state index contributed by atoms with van der Waals surface area (Å²) in [6, 6.07) is 3.23. The third kappa shape index (κ3) is 4.04. The third-order valence-electron chi connectivity index (χ3n) is 5.06. The minimum Gasteiger partial charge on any atom is -0.493 e. The Hall–Kier alpha value is -2.42. The third-order valence-corrected chi connectivity index (χ3v) is 6.01. The van der Waals surface area contributed by atoms with Gasteiger partial charge in [0.1, 0.15) is 6.54 Å². The zero-order valence-corrected chi connectivity index (χ0v) is 17.0. The molecular weight excluding hydrogens is 384 g/mol. The quantitative estimate of drug-likeness (QED) is 0.655. The summed E-state index contributed by atoms with van der Waals surface area (Å²) in [5, 5.41) is 0. The first-order valence-corrected chi connectivity index (χ1v) is 10.1. The van der Waals surface area contributed by atoms with E-state index in [1.165, 1.54) is 18.9 Å². The topological polar surface area (TPSA) is 85.4 Å². The van der Waals surface area contributed by atoms with Crippen LogP contribution in [0.1, 0.15) is 23.6 Å². The van der Waals surface area contributed by atoms with Crippen LogP contribution in [0.25, 0.3) is 0 Å². The van der Waals surface area contributed by atoms with Crippen LogP contribution in [0.5, 0.6) is 11.5 Å². The van der Waals surface area contributed by atoms with Gasteiger partial charge in [-0.15, -0.1) is 11.8 Å². The largest absolute Gasteiger partial charge is 0.493 e. The average Bonchev–Trinajstić information content (AvgIpc) is 3.11. The number of fused-ring (bicyclic) bond motifs is 1. The number of methoxy groups -OCH3 is 3. The SMILES string of the molecule is COC(=O)CC1c2cc(OC)c(OC)cc2CCN1C(=O)CN1CSCC1=O. The van der Waals surface area contributed by atoms with E-state index in [9.17, 15) is 14.4 Å². The number of ether oxygens (including phenoxy) is 3. The number of rotatable bonds is 6. The molecule has 8 nitrogen and oxygen atoms in total. The van der Waals surface area contributed by atoms with E-state index >= 15 is 0 Å². The minimum absolute atomic E-state index is 0.0200. The van der Waals surface area contributed by atoms with Gasteiger partial charge in [-0.1, -0.05) is 0 Å². The van der Waals surface area contributed by atoms with Crippen molar-refractivity contribution in [3.63, 3.8) is 0 Å². The van der Waals surface area contributed by atoms with Crippen LogP contribution in [-0.4, -0.2) is 73.6 Å². The van der Waals surface area contributed by atoms with Crippen molar-refractivity contribution in [2.45, 2.75) is 18.9 Å². The Kier molecular flexibility index (Phi) is 6.33. The van der Waals surface area contributed by atoms with Gasteiger partial charge < -0.3 is 24.0 Å². The lowest BCUT2D eigenvalue weighted by atomic mass is 9.90. The predicted octanol–water partition coefficient (Wildman–Crippen LogP) is 1.23. The number of amides is 2. The van der Waals surface area contributed by atoms with Crippen molar-refractivity contribution in [2.75, 3.05) is 46.0 Å². The molecule has 1 saturated heterocycles. The van der Waals surface area contributed by atoms with E-state index in [2.05, 4.69) is 0 Å². The van der Waals surface area contributed by atoms with Crippen molar-refractivity contribution in [3.8, 4) is 11.5 Å². The molecule has 2 amide bonds. The van der Waals surface area contributed by atoms with Crippen molar-refractivity contribution >= 4 is 29.5 Å². The number of nitrogens with zero attached hydrogens (tertiary/aromatic N) is 2. The van der Waals surface area contributed by atoms with Gasteiger partial charge in [0, 0.05) is 6.54 Å². The molecule has 9 heteroatoms. The second-order valence-corrected chi connectivity index (χ2v) is 7.56. The molecule has 0 radical (unpaired) electrons. The molecule has 2 aliphatic heterocycles. The maximum atomic E-state index is 13.0. The Bertz CT molecular complexity index is 784. The molecule has 1 unspecified atom stereocenters. The molecule has 0 N–H and O–H groups in total. The van der Waals surface area contributed by atoms with Gasteiger partial charge in [0.05, 0.1) is 45.4 Å². The van der Waals surface area contributed by atoms with E-state index in [1.807, 2.05) is 12.1 Å². The molecule has 2 heterocycles. The van der Waals surface area contributed by atoms with Crippen molar-refractivity contribution in [3.05, 3.63) is 23.3 Å². The first-order valence-electron chi connectivity index (χ1n) is 8.95. The maximum absolute atomic E-state index is 13.0. The number of esters is 1. The summed E-state index contributed by atoms with van der Waals surface area (Å²) in [6.45, 7) is 0.476. The standard InChI is InChI=1S/C19H24N2O6S/c1-25-15-6-12-4-5-21(17(22)9-20-11-28-10-18(20)23)14(8-19(24)27-3)13(12)7-16(15)26-2/h6-7,14H,4-5,8-11H2,1-3H3. The Morgan fingerprint density at radius 1 is 1.18 bits per heavy atom. The van der Waals surface area contributed by atoms with Gasteiger partial charge in [-0.05, 0) is 29.7 Å². The van der Waals surface area contributed by atoms with E-state index in [0.717, 1.165) is 11.1 Å². The lowest BCUT2D eigenvalue weighted by Gasteiger charge is -2.38. The second-order valence-electron chi connectivity index (χ2n) is 6.61. The second kappa shape index (κ2) is 8.72. The summed E-state index contributed by atoms with van der Waals surface area (Å²) in [5.41, 5.74) is 1.84. The highest BCUT2D eigenvalue weighted by atomic mass is 32.2. The summed E-state index contributed by atoms with van der Waals surface area (Å²) in [5.74, 6) is 1.45. The summed E-state index contributed by atoms with van der Waals surface area (Å²) in [4.78, 5) is 40.1. The lowest BCUT2D eigenvalue weighted by molar-refractivity contribution is -0.145. The number of benzene rings is 1. The van der Waals surface area contributed by atoms with E-state index in [-0.39, 0.29) is 24.8 Å². The van der Waals surface area contributed by atoms with Gasteiger partial charge in [-0.3, -0.25) is 14.4 Å². The molecule has 1 aromatic carbocycles. The van der Waals surface area contributed by atoms with Gasteiger partial charge in [0.15, 0.2) is 11.5 Å². The van der Waals surface area contributed by atoms with Crippen LogP contribution in [0.3, 0.4) is 0 Å². The zero-order valence-electron chi connectivity index (χ0n) is 16.2. The molecule has 2 aliphatic rings. The summed E-state index contributed by atoms with van der Waals surface area (Å²) in [7, 11) is 4.44. The van der Waals surface area contributed by atoms with Crippen LogP contribution in [0.2, 0.25) is 0 Å². The number of carbonyl (C=O) groups is 3. The van der Waals surface area contributed by atoms with Crippen LogP contribution >= 0.6 is 11.8 Å². The fourth-order valence-electron chi connectivity index (χ4n) is 3.58. The molecule has 28 heavy (non-hydrogen) atoms. The van der Waals surface area contributed by atoms with E-state index in [1.54, 1.807) is 24.0 Å². The van der Waals surface area contributed by atoms with Crippen molar-refractivity contribution in [2.24, 2.45) is 0 Å². The van der Waals surface area contributed by atoms with E-state index in [4.69, 9.17) is 14.2 Å². The monoisotopic (exact) mass is 408 g/mol. The minimum atomic E-state index is -0.478. The Labute approximate surface area is 168 Å². The number of hydrogen-bond acceptors (Lipinski definition) is 7. The van der Waals surface area contributed by atoms with Gasteiger partial charge in [0.25, 0.3) is 0 Å². The van der Waals surface area contributed by atoms with Crippen LogP contribution < -0.4 is 9.47 Å². The summed E-state index contributed by atoms with van der Waals surface area (Å²) >= 11 is 1.49. The fourth-order valence-corrected chi connectivity index (χ4v) is 4.49. The molecule has 1 aromatic rings. The first kappa shape index (κ1) is 20.3. The number of hydrogen-bond donors (Lipinski definition) is 0. The molecule has 152 valence electrons. The Morgan fingerprint density at radius 3 is 2.50 bits per heavy atom. The summed E-state index contributed by atoms with van der Waals surface area (Å²) in [6.07, 6.45) is 0.662. The average molecular weight is 408 g/mol. The molecule has 0 saturated carbocycles. The van der Waals surface area contributed by atoms with Crippen molar-refractivity contribution in [1.82, 2.24) is 9.80 Å². The van der Waals surface area contributed by atoms with Gasteiger partial charge >= 0.3 is 5.97 Å². The highest BCUT2D eigenvalue weighted by Gasteiger charge is 2.35. The summed E-state index contributed by atoms with van der Waals surface area (Å²) < 4.78 is 15.6. The van der Waals surface area contributed by atoms with Crippen LogP contribution in [-0.2, 0) is 25.5 Å². The van der Waals surface area contributed by atoms with Gasteiger partial charge in [-0.25, -0.2) is 0 Å². The molecular formula is C19H24N2O6S. The molecule has 3 rings (SSSR count). The van der Waals surface area contributed by atoms with Crippen molar-refractivity contribution in [1.29, 1.82) is 0 Å². The van der Waals surface area contributed by atoms with Crippen LogP contribution in [0.15, 0.2) is 12.1 Å². The fraction of sp³-hybridized carbons (Fsp3) is 0.526. The lowest BCUT2D eigenvalue weighted by Crippen LogP contribution is -2.46. The molecule has 0 aliphatic carbocycles. The Balaban J connectivity index is 1.91. The zero-order chi connectivity index (χ0) is 20.3. The van der Waals surface area contributed by atoms with Crippen molar-refractivity contribution < 1.29 is 28.6 Å². The van der Waals surface area contributed by atoms with Gasteiger partial charge in [-0.2, -0.15) is 0 Å². The maximum Gasteiger partial charge on any atom is 0.307 e. The van der Waals surface area contributed by atoms with Crippen LogP contribution in [0, 0.1) is 0 Å². The molecule has 0 bridgehead atoms. The van der Waals surface area contributed by atoms with Crippen LogP contribution in [0.4, 0.5) is 0 Å². The predicted molar refractivity (Wildman–Crippen MR) is 103 cm³/mol. The molecule has 0 spiro atoms. The number of carbonyl (C=O) groups excluding carboxylic acids is 3. The van der Waals surface area contributed by atoms with E-state index < -0.39 is 12.0 Å². The number of thioether (sulfide) groups is 1. The Morgan fingerprint density at radius 2 is 1.89 bits per heavy atom. The molecule has 0 aromatic heterocycles. The first-order chi connectivity index (χ1) is 13.5. The highest BCUT2D eigenvalue weighted by molar-refractivity contribution is 8.00. The molecule has 1 atom stereocenters. The smallest absolute Gasteiger partial charge is 0.307 e.